The van der Waals surface area contributed by atoms with E-state index in [9.17, 15) is 4.79 Å². The van der Waals surface area contributed by atoms with Crippen molar-refractivity contribution in [2.75, 3.05) is 11.4 Å². The number of carboxylic acids is 1. The van der Waals surface area contributed by atoms with Crippen LogP contribution < -0.4 is 4.90 Å². The number of hydrogen-bond donors (Lipinski definition) is 1. The molecule has 0 radical (unpaired) electrons. The number of hydrogen-bond acceptors (Lipinski definition) is 4. The van der Waals surface area contributed by atoms with E-state index in [1.807, 2.05) is 12.1 Å². The average Bonchev–Trinajstić information content (AvgIpc) is 2.99. The lowest BCUT2D eigenvalue weighted by Gasteiger charge is -2.17. The molecule has 0 bridgehead atoms. The predicted octanol–water partition coefficient (Wildman–Crippen LogP) is 1.94. The molecule has 0 atom stereocenters. The zero-order valence-corrected chi connectivity index (χ0v) is 9.67. The van der Waals surface area contributed by atoms with Gasteiger partial charge in [-0.2, -0.15) is 0 Å². The van der Waals surface area contributed by atoms with Crippen LogP contribution >= 0.6 is 0 Å². The fraction of sp³-hybridized carbons (Fsp3) is 0.231. The van der Waals surface area contributed by atoms with Gasteiger partial charge in [0.1, 0.15) is 0 Å². The summed E-state index contributed by atoms with van der Waals surface area (Å²) >= 11 is 0. The van der Waals surface area contributed by atoms with Gasteiger partial charge in [0.2, 0.25) is 0 Å². The van der Waals surface area contributed by atoms with Gasteiger partial charge < -0.3 is 14.5 Å². The Morgan fingerprint density at radius 2 is 2.33 bits per heavy atom. The molecule has 0 unspecified atom stereocenters. The van der Waals surface area contributed by atoms with Gasteiger partial charge in [-0.15, -0.1) is 0 Å². The zero-order chi connectivity index (χ0) is 12.5. The van der Waals surface area contributed by atoms with Gasteiger partial charge in [0.25, 0.3) is 0 Å². The number of nitrogens with zero attached hydrogens (tertiary/aromatic N) is 2. The van der Waals surface area contributed by atoms with Gasteiger partial charge in [0.05, 0.1) is 18.3 Å². The lowest BCUT2D eigenvalue weighted by Crippen LogP contribution is -2.19. The van der Waals surface area contributed by atoms with Gasteiger partial charge >= 0.3 is 5.97 Å². The highest BCUT2D eigenvalue weighted by atomic mass is 16.5. The van der Waals surface area contributed by atoms with Gasteiger partial charge in [-0.3, -0.25) is 0 Å². The molecule has 2 aromatic rings. The molecule has 0 amide bonds. The number of carboxylic acid groups (broad SMARTS) is 1. The first-order chi connectivity index (χ1) is 8.74. The summed E-state index contributed by atoms with van der Waals surface area (Å²) in [4.78, 5) is 13.1. The largest absolute Gasteiger partial charge is 0.478 e. The van der Waals surface area contributed by atoms with Gasteiger partial charge in [0, 0.05) is 18.3 Å². The Balaban J connectivity index is 1.90. The molecular weight excluding hydrogens is 232 g/mol. The Labute approximate surface area is 104 Å². The molecule has 2 heterocycles. The highest BCUT2D eigenvalue weighted by Gasteiger charge is 2.21. The van der Waals surface area contributed by atoms with Crippen LogP contribution in [0, 0.1) is 0 Å². The van der Waals surface area contributed by atoms with Crippen molar-refractivity contribution in [2.24, 2.45) is 0 Å². The topological polar surface area (TPSA) is 66.6 Å². The van der Waals surface area contributed by atoms with Gasteiger partial charge in [-0.1, -0.05) is 11.2 Å². The highest BCUT2D eigenvalue weighted by Crippen LogP contribution is 2.30. The van der Waals surface area contributed by atoms with Gasteiger partial charge in [-0.05, 0) is 24.1 Å². The average molecular weight is 244 g/mol. The van der Waals surface area contributed by atoms with Gasteiger partial charge in [0.15, 0.2) is 5.76 Å². The Kier molecular flexibility index (Phi) is 2.51. The van der Waals surface area contributed by atoms with Crippen molar-refractivity contribution in [1.29, 1.82) is 0 Å². The third-order valence-corrected chi connectivity index (χ3v) is 3.16. The van der Waals surface area contributed by atoms with E-state index in [4.69, 9.17) is 9.63 Å². The smallest absolute Gasteiger partial charge is 0.335 e. The van der Waals surface area contributed by atoms with Crippen molar-refractivity contribution in [1.82, 2.24) is 5.16 Å². The first kappa shape index (κ1) is 10.8. The van der Waals surface area contributed by atoms with E-state index < -0.39 is 5.97 Å². The Hall–Kier alpha value is -2.30. The van der Waals surface area contributed by atoms with Crippen molar-refractivity contribution in [3.63, 3.8) is 0 Å². The molecule has 5 nitrogen and oxygen atoms in total. The van der Waals surface area contributed by atoms with Crippen molar-refractivity contribution in [3.05, 3.63) is 47.3 Å². The summed E-state index contributed by atoms with van der Waals surface area (Å²) in [5, 5.41) is 12.7. The molecule has 5 heteroatoms. The molecule has 3 rings (SSSR count). The SMILES string of the molecule is O=C(O)c1ccc2c(c1)N(Cc1ccno1)CC2. The molecule has 0 saturated heterocycles. The minimum Gasteiger partial charge on any atom is -0.478 e. The summed E-state index contributed by atoms with van der Waals surface area (Å²) in [5.41, 5.74) is 2.48. The molecule has 1 aromatic carbocycles. The van der Waals surface area contributed by atoms with E-state index in [2.05, 4.69) is 10.1 Å². The van der Waals surface area contributed by atoms with Crippen molar-refractivity contribution in [2.45, 2.75) is 13.0 Å². The molecular formula is C13H12N2O3. The van der Waals surface area contributed by atoms with Gasteiger partial charge in [-0.25, -0.2) is 4.79 Å². The number of carbonyl (C=O) groups is 1. The van der Waals surface area contributed by atoms with Crippen LogP contribution in [-0.4, -0.2) is 22.8 Å². The third-order valence-electron chi connectivity index (χ3n) is 3.16. The minimum atomic E-state index is -0.899. The molecule has 0 saturated carbocycles. The molecule has 1 N–H and O–H groups in total. The van der Waals surface area contributed by atoms with Crippen LogP contribution in [0.3, 0.4) is 0 Å². The Morgan fingerprint density at radius 3 is 3.06 bits per heavy atom. The Bertz CT molecular complexity index is 578. The van der Waals surface area contributed by atoms with Crippen LogP contribution in [0.1, 0.15) is 21.7 Å². The van der Waals surface area contributed by atoms with Crippen LogP contribution in [0.2, 0.25) is 0 Å². The monoisotopic (exact) mass is 244 g/mol. The van der Waals surface area contributed by atoms with E-state index in [0.29, 0.717) is 12.1 Å². The van der Waals surface area contributed by atoms with E-state index in [1.165, 1.54) is 5.56 Å². The zero-order valence-electron chi connectivity index (χ0n) is 9.67. The van der Waals surface area contributed by atoms with Crippen molar-refractivity contribution >= 4 is 11.7 Å². The van der Waals surface area contributed by atoms with Crippen molar-refractivity contribution < 1.29 is 14.4 Å². The maximum absolute atomic E-state index is 11.0. The molecule has 18 heavy (non-hydrogen) atoms. The van der Waals surface area contributed by atoms with Crippen LogP contribution in [0.25, 0.3) is 0 Å². The quantitative estimate of drug-likeness (QED) is 0.893. The number of aromatic nitrogens is 1. The third kappa shape index (κ3) is 1.84. The number of anilines is 1. The normalized spacial score (nSPS) is 13.7. The van der Waals surface area contributed by atoms with E-state index in [0.717, 1.165) is 24.4 Å². The molecule has 92 valence electrons. The number of aromatic carboxylic acids is 1. The molecule has 0 fully saturated rings. The van der Waals surface area contributed by atoms with Crippen LogP contribution in [-0.2, 0) is 13.0 Å². The second-order valence-corrected chi connectivity index (χ2v) is 4.30. The van der Waals surface area contributed by atoms with Crippen molar-refractivity contribution in [3.8, 4) is 0 Å². The fourth-order valence-electron chi connectivity index (χ4n) is 2.25. The standard InChI is InChI=1S/C13H12N2O3/c16-13(17)10-2-1-9-4-6-15(12(9)7-10)8-11-3-5-14-18-11/h1-3,5,7H,4,6,8H2,(H,16,17). The second-order valence-electron chi connectivity index (χ2n) is 4.30. The molecule has 1 aliphatic rings. The van der Waals surface area contributed by atoms with E-state index in [-0.39, 0.29) is 0 Å². The molecule has 0 aliphatic carbocycles. The summed E-state index contributed by atoms with van der Waals surface area (Å²) in [6.07, 6.45) is 2.54. The predicted molar refractivity (Wildman–Crippen MR) is 64.7 cm³/mol. The first-order valence-corrected chi connectivity index (χ1v) is 5.75. The maximum Gasteiger partial charge on any atom is 0.335 e. The molecule has 1 aliphatic heterocycles. The first-order valence-electron chi connectivity index (χ1n) is 5.75. The van der Waals surface area contributed by atoms with Crippen LogP contribution in [0.15, 0.2) is 35.0 Å². The number of rotatable bonds is 3. The summed E-state index contributed by atoms with van der Waals surface area (Å²) in [6, 6.07) is 7.08. The molecule has 0 spiro atoms. The second kappa shape index (κ2) is 4.18. The lowest BCUT2D eigenvalue weighted by atomic mass is 10.1. The maximum atomic E-state index is 11.0. The summed E-state index contributed by atoms with van der Waals surface area (Å²) in [5.74, 6) is -0.118. The number of fused-ring (bicyclic) bond motifs is 1. The summed E-state index contributed by atoms with van der Waals surface area (Å²) < 4.78 is 5.08. The molecule has 1 aromatic heterocycles. The summed E-state index contributed by atoms with van der Waals surface area (Å²) in [6.45, 7) is 1.50. The van der Waals surface area contributed by atoms with E-state index >= 15 is 0 Å². The lowest BCUT2D eigenvalue weighted by molar-refractivity contribution is 0.0697. The Morgan fingerprint density at radius 1 is 1.44 bits per heavy atom. The van der Waals surface area contributed by atoms with Crippen LogP contribution in [0.4, 0.5) is 5.69 Å². The van der Waals surface area contributed by atoms with E-state index in [1.54, 1.807) is 18.3 Å². The fourth-order valence-corrected chi connectivity index (χ4v) is 2.25. The number of benzene rings is 1. The highest BCUT2D eigenvalue weighted by molar-refractivity contribution is 5.89. The minimum absolute atomic E-state index is 0.318. The summed E-state index contributed by atoms with van der Waals surface area (Å²) in [7, 11) is 0. The van der Waals surface area contributed by atoms with Crippen LogP contribution in [0.5, 0.6) is 0 Å².